The average molecular weight is 287 g/mol. The smallest absolute Gasteiger partial charge is 0.341 e. The van der Waals surface area contributed by atoms with Crippen molar-refractivity contribution in [1.29, 1.82) is 0 Å². The molecule has 112 valence electrons. The molecule has 1 aromatic carbocycles. The fourth-order valence-corrected chi connectivity index (χ4v) is 1.71. The Morgan fingerprint density at radius 1 is 1.15 bits per heavy atom. The van der Waals surface area contributed by atoms with Crippen LogP contribution in [0.3, 0.4) is 0 Å². The van der Waals surface area contributed by atoms with Gasteiger partial charge in [0.1, 0.15) is 6.04 Å². The molecule has 0 spiro atoms. The SMILES string of the molecule is Cc1cc(C(=O)N[C@@H](C)C(F)(F)F)cc(C(C)(C)C)c1. The maximum absolute atomic E-state index is 12.5. The summed E-state index contributed by atoms with van der Waals surface area (Å²) in [5.41, 5.74) is 1.85. The van der Waals surface area contributed by atoms with E-state index >= 15 is 0 Å². The summed E-state index contributed by atoms with van der Waals surface area (Å²) in [6.45, 7) is 8.71. The van der Waals surface area contributed by atoms with Crippen LogP contribution in [0.25, 0.3) is 0 Å². The first-order valence-corrected chi connectivity index (χ1v) is 6.41. The Kier molecular flexibility index (Phi) is 4.52. The summed E-state index contributed by atoms with van der Waals surface area (Å²) < 4.78 is 37.4. The Labute approximate surface area is 117 Å². The van der Waals surface area contributed by atoms with Crippen LogP contribution in [0.2, 0.25) is 0 Å². The molecule has 0 aliphatic carbocycles. The third kappa shape index (κ3) is 4.25. The van der Waals surface area contributed by atoms with Crippen molar-refractivity contribution in [2.45, 2.75) is 52.3 Å². The van der Waals surface area contributed by atoms with Crippen molar-refractivity contribution in [2.75, 3.05) is 0 Å². The molecule has 20 heavy (non-hydrogen) atoms. The van der Waals surface area contributed by atoms with Crippen molar-refractivity contribution in [3.8, 4) is 0 Å². The quantitative estimate of drug-likeness (QED) is 0.876. The molecule has 1 aromatic rings. The molecular weight excluding hydrogens is 267 g/mol. The number of carbonyl (C=O) groups excluding carboxylic acids is 1. The molecule has 0 aliphatic rings. The van der Waals surface area contributed by atoms with E-state index in [0.29, 0.717) is 0 Å². The van der Waals surface area contributed by atoms with E-state index < -0.39 is 18.1 Å². The summed E-state index contributed by atoms with van der Waals surface area (Å²) in [6.07, 6.45) is -4.44. The molecule has 0 saturated carbocycles. The van der Waals surface area contributed by atoms with E-state index in [2.05, 4.69) is 0 Å². The normalized spacial score (nSPS) is 14.0. The largest absolute Gasteiger partial charge is 0.408 e. The zero-order valence-electron chi connectivity index (χ0n) is 12.4. The molecule has 1 atom stereocenters. The van der Waals surface area contributed by atoms with Crippen LogP contribution in [-0.2, 0) is 5.41 Å². The molecule has 0 saturated heterocycles. The number of halogens is 3. The maximum Gasteiger partial charge on any atom is 0.408 e. The van der Waals surface area contributed by atoms with Crippen LogP contribution in [0.1, 0.15) is 49.2 Å². The number of aryl methyl sites for hydroxylation is 1. The number of hydrogen-bond donors (Lipinski definition) is 1. The van der Waals surface area contributed by atoms with Crippen LogP contribution in [-0.4, -0.2) is 18.1 Å². The predicted octanol–water partition coefficient (Wildman–Crippen LogP) is 3.97. The van der Waals surface area contributed by atoms with Gasteiger partial charge in [-0.1, -0.05) is 32.4 Å². The summed E-state index contributed by atoms with van der Waals surface area (Å²) in [5, 5.41) is 1.98. The maximum atomic E-state index is 12.5. The fourth-order valence-electron chi connectivity index (χ4n) is 1.71. The lowest BCUT2D eigenvalue weighted by atomic mass is 9.85. The van der Waals surface area contributed by atoms with Crippen LogP contribution in [0.15, 0.2) is 18.2 Å². The highest BCUT2D eigenvalue weighted by atomic mass is 19.4. The van der Waals surface area contributed by atoms with Crippen LogP contribution in [0.5, 0.6) is 0 Å². The van der Waals surface area contributed by atoms with Gasteiger partial charge < -0.3 is 5.32 Å². The van der Waals surface area contributed by atoms with Crippen molar-refractivity contribution >= 4 is 5.91 Å². The standard InChI is InChI=1S/C15H20F3NO/c1-9-6-11(8-12(7-9)14(3,4)5)13(20)19-10(2)15(16,17)18/h6-8,10H,1-5H3,(H,19,20)/t10-/m0/s1. The van der Waals surface area contributed by atoms with Gasteiger partial charge in [-0.2, -0.15) is 13.2 Å². The summed E-state index contributed by atoms with van der Waals surface area (Å²) in [4.78, 5) is 11.9. The zero-order chi connectivity index (χ0) is 15.7. The second-order valence-corrected chi connectivity index (χ2v) is 6.07. The number of nitrogens with one attached hydrogen (secondary N) is 1. The minimum absolute atomic E-state index is 0.170. The van der Waals surface area contributed by atoms with Gasteiger partial charge in [-0.25, -0.2) is 0 Å². The topological polar surface area (TPSA) is 29.1 Å². The molecule has 1 amide bonds. The number of benzene rings is 1. The summed E-state index contributed by atoms with van der Waals surface area (Å²) in [5.74, 6) is -0.705. The van der Waals surface area contributed by atoms with Crippen molar-refractivity contribution in [1.82, 2.24) is 5.32 Å². The van der Waals surface area contributed by atoms with E-state index in [1.165, 1.54) is 0 Å². The van der Waals surface area contributed by atoms with Crippen LogP contribution >= 0.6 is 0 Å². The van der Waals surface area contributed by atoms with Gasteiger partial charge >= 0.3 is 6.18 Å². The van der Waals surface area contributed by atoms with Gasteiger partial charge in [0.15, 0.2) is 0 Å². The van der Waals surface area contributed by atoms with E-state index in [1.807, 2.05) is 39.1 Å². The third-order valence-electron chi connectivity index (χ3n) is 3.04. The molecule has 1 rings (SSSR count). The molecule has 0 fully saturated rings. The number of amides is 1. The molecule has 2 nitrogen and oxygen atoms in total. The van der Waals surface area contributed by atoms with Gasteiger partial charge in [0.05, 0.1) is 0 Å². The lowest BCUT2D eigenvalue weighted by Gasteiger charge is -2.21. The van der Waals surface area contributed by atoms with Gasteiger partial charge in [0.2, 0.25) is 0 Å². The zero-order valence-corrected chi connectivity index (χ0v) is 12.4. The van der Waals surface area contributed by atoms with Gasteiger partial charge in [0.25, 0.3) is 5.91 Å². The first-order valence-electron chi connectivity index (χ1n) is 6.41. The molecule has 5 heteroatoms. The number of alkyl halides is 3. The van der Waals surface area contributed by atoms with Crippen LogP contribution in [0, 0.1) is 6.92 Å². The summed E-state index contributed by atoms with van der Waals surface area (Å²) >= 11 is 0. The summed E-state index contributed by atoms with van der Waals surface area (Å²) in [6, 6.07) is 3.30. The number of carbonyl (C=O) groups is 1. The molecule has 0 heterocycles. The molecule has 0 aromatic heterocycles. The molecule has 0 aliphatic heterocycles. The van der Waals surface area contributed by atoms with Crippen molar-refractivity contribution in [3.63, 3.8) is 0 Å². The molecule has 0 unspecified atom stereocenters. The minimum atomic E-state index is -4.44. The predicted molar refractivity (Wildman–Crippen MR) is 72.9 cm³/mol. The van der Waals surface area contributed by atoms with E-state index in [1.54, 1.807) is 12.1 Å². The van der Waals surface area contributed by atoms with E-state index in [-0.39, 0.29) is 11.0 Å². The van der Waals surface area contributed by atoms with E-state index in [4.69, 9.17) is 0 Å². The highest BCUT2D eigenvalue weighted by Gasteiger charge is 2.37. The van der Waals surface area contributed by atoms with Crippen molar-refractivity contribution in [2.24, 2.45) is 0 Å². The first kappa shape index (κ1) is 16.5. The Balaban J connectivity index is 3.03. The van der Waals surface area contributed by atoms with Gasteiger partial charge in [0, 0.05) is 5.56 Å². The molecule has 1 N–H and O–H groups in total. The Morgan fingerprint density at radius 2 is 1.70 bits per heavy atom. The van der Waals surface area contributed by atoms with E-state index in [0.717, 1.165) is 18.1 Å². The van der Waals surface area contributed by atoms with Gasteiger partial charge in [-0.3, -0.25) is 4.79 Å². The van der Waals surface area contributed by atoms with Crippen molar-refractivity contribution < 1.29 is 18.0 Å². The molecular formula is C15H20F3NO. The van der Waals surface area contributed by atoms with Gasteiger partial charge in [-0.15, -0.1) is 0 Å². The second kappa shape index (κ2) is 5.46. The van der Waals surface area contributed by atoms with Crippen LogP contribution in [0.4, 0.5) is 13.2 Å². The highest BCUT2D eigenvalue weighted by Crippen LogP contribution is 2.25. The fraction of sp³-hybridized carbons (Fsp3) is 0.533. The van der Waals surface area contributed by atoms with Crippen LogP contribution < -0.4 is 5.32 Å². The first-order chi connectivity index (χ1) is 8.91. The van der Waals surface area contributed by atoms with Crippen molar-refractivity contribution in [3.05, 3.63) is 34.9 Å². The lowest BCUT2D eigenvalue weighted by Crippen LogP contribution is -2.43. The summed E-state index contributed by atoms with van der Waals surface area (Å²) in [7, 11) is 0. The highest BCUT2D eigenvalue weighted by molar-refractivity contribution is 5.94. The average Bonchev–Trinajstić information content (AvgIpc) is 2.25. The monoisotopic (exact) mass is 287 g/mol. The minimum Gasteiger partial charge on any atom is -0.341 e. The number of hydrogen-bond acceptors (Lipinski definition) is 1. The lowest BCUT2D eigenvalue weighted by molar-refractivity contribution is -0.149. The number of rotatable bonds is 2. The van der Waals surface area contributed by atoms with E-state index in [9.17, 15) is 18.0 Å². The van der Waals surface area contributed by atoms with Gasteiger partial charge in [-0.05, 0) is 37.0 Å². The molecule has 0 bridgehead atoms. The second-order valence-electron chi connectivity index (χ2n) is 6.07. The Morgan fingerprint density at radius 3 is 2.15 bits per heavy atom. The third-order valence-corrected chi connectivity index (χ3v) is 3.04. The Hall–Kier alpha value is -1.52. The Bertz CT molecular complexity index is 501. The molecule has 0 radical (unpaired) electrons.